The largest absolute Gasteiger partial charge is 0.324 e. The molecule has 0 saturated carbocycles. The molecule has 1 aromatic carbocycles. The molecule has 0 radical (unpaired) electrons. The number of aliphatic imine (C=N–C) groups is 1. The molecule has 1 aliphatic heterocycles. The van der Waals surface area contributed by atoms with E-state index in [9.17, 15) is 13.2 Å². The van der Waals surface area contributed by atoms with Gasteiger partial charge in [0.05, 0.1) is 4.90 Å². The third-order valence-corrected chi connectivity index (χ3v) is 5.73. The van der Waals surface area contributed by atoms with Gasteiger partial charge in [-0.15, -0.1) is 0 Å². The van der Waals surface area contributed by atoms with Gasteiger partial charge in [-0.3, -0.25) is 19.5 Å². The lowest BCUT2D eigenvalue weighted by atomic mass is 9.98. The maximum absolute atomic E-state index is 12.8. The van der Waals surface area contributed by atoms with Gasteiger partial charge in [0.2, 0.25) is 5.91 Å². The second-order valence-corrected chi connectivity index (χ2v) is 7.79. The van der Waals surface area contributed by atoms with E-state index in [4.69, 9.17) is 0 Å². The molecule has 0 saturated heterocycles. The highest BCUT2D eigenvalue weighted by Gasteiger charge is 2.33. The highest BCUT2D eigenvalue weighted by atomic mass is 32.2. The third kappa shape index (κ3) is 3.60. The Morgan fingerprint density at radius 3 is 2.62 bits per heavy atom. The summed E-state index contributed by atoms with van der Waals surface area (Å²) >= 11 is 0. The van der Waals surface area contributed by atoms with Crippen LogP contribution in [0.3, 0.4) is 0 Å². The van der Waals surface area contributed by atoms with Crippen molar-refractivity contribution >= 4 is 27.5 Å². The standard InChI is InChI=1S/C18H20N4O3S/c1-3-12(2)16(18(23)20-13-8-10-19-11-9-13)21-17-14-6-4-5-7-15(14)26(24,25)22-17/h4-12,16H,3H2,1-2H3,(H,21,22)(H,19,20,23)/t12-,16-/m0/s1. The average Bonchev–Trinajstić information content (AvgIpc) is 2.90. The van der Waals surface area contributed by atoms with E-state index in [0.717, 1.165) is 6.42 Å². The van der Waals surface area contributed by atoms with Crippen LogP contribution in [-0.2, 0) is 14.8 Å². The first kappa shape index (κ1) is 18.1. The monoisotopic (exact) mass is 372 g/mol. The predicted octanol–water partition coefficient (Wildman–Crippen LogP) is 2.17. The van der Waals surface area contributed by atoms with E-state index < -0.39 is 16.1 Å². The molecule has 2 atom stereocenters. The molecule has 3 rings (SSSR count). The average molecular weight is 372 g/mol. The van der Waals surface area contributed by atoms with E-state index >= 15 is 0 Å². The van der Waals surface area contributed by atoms with Gasteiger partial charge in [-0.25, -0.2) is 8.42 Å². The topological polar surface area (TPSA) is 101 Å². The number of fused-ring (bicyclic) bond motifs is 1. The Morgan fingerprint density at radius 1 is 1.23 bits per heavy atom. The van der Waals surface area contributed by atoms with Crippen molar-refractivity contribution in [1.82, 2.24) is 9.71 Å². The van der Waals surface area contributed by atoms with E-state index in [0.29, 0.717) is 11.3 Å². The van der Waals surface area contributed by atoms with Gasteiger partial charge in [-0.05, 0) is 30.2 Å². The normalized spacial score (nSPS) is 18.6. The summed E-state index contributed by atoms with van der Waals surface area (Å²) in [5.74, 6) is -0.154. The molecule has 26 heavy (non-hydrogen) atoms. The quantitative estimate of drug-likeness (QED) is 0.840. The van der Waals surface area contributed by atoms with E-state index in [2.05, 4.69) is 20.0 Å². The number of carbonyl (C=O) groups excluding carboxylic acids is 1. The van der Waals surface area contributed by atoms with Crippen LogP contribution in [0.1, 0.15) is 25.8 Å². The molecule has 0 fully saturated rings. The molecule has 2 N–H and O–H groups in total. The molecule has 2 heterocycles. The molecule has 136 valence electrons. The highest BCUT2D eigenvalue weighted by molar-refractivity contribution is 7.90. The van der Waals surface area contributed by atoms with Crippen molar-refractivity contribution in [2.75, 3.05) is 5.32 Å². The highest BCUT2D eigenvalue weighted by Crippen LogP contribution is 2.24. The summed E-state index contributed by atoms with van der Waals surface area (Å²) in [5.41, 5.74) is 1.10. The van der Waals surface area contributed by atoms with Crippen molar-refractivity contribution in [3.8, 4) is 0 Å². The molecule has 1 aromatic heterocycles. The van der Waals surface area contributed by atoms with E-state index in [1.807, 2.05) is 13.8 Å². The van der Waals surface area contributed by atoms with Crippen LogP contribution in [0, 0.1) is 5.92 Å². The summed E-state index contributed by atoms with van der Waals surface area (Å²) in [6, 6.07) is 9.25. The third-order valence-electron chi connectivity index (χ3n) is 4.33. The Balaban J connectivity index is 1.95. The Hall–Kier alpha value is -2.74. The number of anilines is 1. The van der Waals surface area contributed by atoms with Gasteiger partial charge in [-0.2, -0.15) is 0 Å². The number of nitrogens with one attached hydrogen (secondary N) is 2. The molecule has 0 spiro atoms. The molecule has 8 heteroatoms. The first-order valence-electron chi connectivity index (χ1n) is 8.33. The Labute approximate surface area is 152 Å². The molecule has 1 aliphatic rings. The fourth-order valence-corrected chi connectivity index (χ4v) is 3.93. The lowest BCUT2D eigenvalue weighted by Crippen LogP contribution is -2.34. The molecule has 0 bridgehead atoms. The maximum atomic E-state index is 12.8. The lowest BCUT2D eigenvalue weighted by molar-refractivity contribution is -0.118. The minimum absolute atomic E-state index is 0.0680. The van der Waals surface area contributed by atoms with Gasteiger partial charge in [0.15, 0.2) is 0 Å². The van der Waals surface area contributed by atoms with Crippen molar-refractivity contribution in [3.05, 3.63) is 54.4 Å². The van der Waals surface area contributed by atoms with Crippen LogP contribution in [0.25, 0.3) is 0 Å². The van der Waals surface area contributed by atoms with Gasteiger partial charge in [-0.1, -0.05) is 32.4 Å². The number of amidine groups is 1. The van der Waals surface area contributed by atoms with Gasteiger partial charge in [0, 0.05) is 23.6 Å². The Morgan fingerprint density at radius 2 is 1.92 bits per heavy atom. The first-order valence-corrected chi connectivity index (χ1v) is 9.81. The summed E-state index contributed by atoms with van der Waals surface area (Å²) in [6.07, 6.45) is 3.89. The number of hydrogen-bond acceptors (Lipinski definition) is 5. The molecular formula is C18H20N4O3S. The van der Waals surface area contributed by atoms with Crippen molar-refractivity contribution in [2.24, 2.45) is 10.9 Å². The maximum Gasteiger partial charge on any atom is 0.263 e. The first-order chi connectivity index (χ1) is 12.4. The van der Waals surface area contributed by atoms with E-state index in [-0.39, 0.29) is 22.6 Å². The smallest absolute Gasteiger partial charge is 0.263 e. The van der Waals surface area contributed by atoms with Crippen LogP contribution in [0.5, 0.6) is 0 Å². The van der Waals surface area contributed by atoms with Crippen LogP contribution in [-0.4, -0.2) is 31.2 Å². The van der Waals surface area contributed by atoms with Gasteiger partial charge >= 0.3 is 0 Å². The number of benzene rings is 1. The fourth-order valence-electron chi connectivity index (χ4n) is 2.69. The summed E-state index contributed by atoms with van der Waals surface area (Å²) in [5, 5.41) is 2.81. The van der Waals surface area contributed by atoms with Gasteiger partial charge in [0.25, 0.3) is 10.0 Å². The molecule has 7 nitrogen and oxygen atoms in total. The minimum Gasteiger partial charge on any atom is -0.324 e. The summed E-state index contributed by atoms with van der Waals surface area (Å²) < 4.78 is 26.9. The number of sulfonamides is 1. The van der Waals surface area contributed by atoms with Crippen LogP contribution in [0.4, 0.5) is 5.69 Å². The summed E-state index contributed by atoms with van der Waals surface area (Å²) in [4.78, 5) is 21.3. The lowest BCUT2D eigenvalue weighted by Gasteiger charge is -2.19. The number of rotatable bonds is 5. The zero-order valence-electron chi connectivity index (χ0n) is 14.5. The number of nitrogens with zero attached hydrogens (tertiary/aromatic N) is 2. The van der Waals surface area contributed by atoms with Crippen molar-refractivity contribution in [1.29, 1.82) is 0 Å². The van der Waals surface area contributed by atoms with Crippen molar-refractivity contribution in [2.45, 2.75) is 31.2 Å². The second kappa shape index (κ2) is 7.25. The number of hydrogen-bond donors (Lipinski definition) is 2. The van der Waals surface area contributed by atoms with Crippen molar-refractivity contribution < 1.29 is 13.2 Å². The fraction of sp³-hybridized carbons (Fsp3) is 0.278. The summed E-state index contributed by atoms with van der Waals surface area (Å²) in [7, 11) is -3.64. The Bertz CT molecular complexity index is 942. The van der Waals surface area contributed by atoms with E-state index in [1.165, 1.54) is 6.07 Å². The number of pyridine rings is 1. The van der Waals surface area contributed by atoms with Crippen LogP contribution < -0.4 is 10.0 Å². The van der Waals surface area contributed by atoms with Crippen LogP contribution in [0.15, 0.2) is 58.7 Å². The van der Waals surface area contributed by atoms with Crippen LogP contribution >= 0.6 is 0 Å². The van der Waals surface area contributed by atoms with Crippen LogP contribution in [0.2, 0.25) is 0 Å². The predicted molar refractivity (Wildman–Crippen MR) is 99.4 cm³/mol. The zero-order valence-corrected chi connectivity index (χ0v) is 15.3. The molecule has 0 unspecified atom stereocenters. The van der Waals surface area contributed by atoms with Crippen molar-refractivity contribution in [3.63, 3.8) is 0 Å². The van der Waals surface area contributed by atoms with E-state index in [1.54, 1.807) is 42.7 Å². The number of carbonyl (C=O) groups is 1. The number of amides is 1. The second-order valence-electron chi connectivity index (χ2n) is 6.13. The molecule has 1 amide bonds. The summed E-state index contributed by atoms with van der Waals surface area (Å²) in [6.45, 7) is 3.88. The molecular weight excluding hydrogens is 352 g/mol. The molecule has 2 aromatic rings. The minimum atomic E-state index is -3.64. The SMILES string of the molecule is CC[C@H](C)[C@H](N=C1NS(=O)(=O)c2ccccc21)C(=O)Nc1ccncc1. The number of aromatic nitrogens is 1. The zero-order chi connectivity index (χ0) is 18.7. The van der Waals surface area contributed by atoms with Gasteiger partial charge < -0.3 is 5.32 Å². The van der Waals surface area contributed by atoms with Gasteiger partial charge in [0.1, 0.15) is 11.9 Å². The molecule has 0 aliphatic carbocycles. The Kier molecular flexibility index (Phi) is 5.03.